The highest BCUT2D eigenvalue weighted by Crippen LogP contribution is 2.24. The van der Waals surface area contributed by atoms with Crippen molar-refractivity contribution in [3.05, 3.63) is 64.7 Å². The van der Waals surface area contributed by atoms with Crippen LogP contribution in [0.3, 0.4) is 0 Å². The van der Waals surface area contributed by atoms with Gasteiger partial charge in [-0.05, 0) is 56.2 Å². The normalized spacial score (nSPS) is 14.1. The smallest absolute Gasteiger partial charge is 0.329 e. The Labute approximate surface area is 157 Å². The predicted molar refractivity (Wildman–Crippen MR) is 98.8 cm³/mol. The number of imide groups is 1. The zero-order valence-electron chi connectivity index (χ0n) is 15.5. The fourth-order valence-corrected chi connectivity index (χ4v) is 3.10. The second-order valence-electron chi connectivity index (χ2n) is 6.54. The number of hydrogen-bond acceptors (Lipinski definition) is 5. The summed E-state index contributed by atoms with van der Waals surface area (Å²) in [5, 5.41) is 0. The van der Waals surface area contributed by atoms with Crippen molar-refractivity contribution in [1.82, 2.24) is 4.90 Å². The molecule has 0 saturated carbocycles. The lowest BCUT2D eigenvalue weighted by atomic mass is 10.1. The van der Waals surface area contributed by atoms with Crippen LogP contribution in [0.2, 0.25) is 0 Å². The first-order chi connectivity index (χ1) is 12.9. The summed E-state index contributed by atoms with van der Waals surface area (Å²) >= 11 is 0. The largest absolute Gasteiger partial charge is 0.490 e. The molecular weight excluding hydrogens is 346 g/mol. The first kappa shape index (κ1) is 18.6. The second-order valence-corrected chi connectivity index (χ2v) is 6.54. The number of benzene rings is 2. The number of amides is 2. The van der Waals surface area contributed by atoms with E-state index >= 15 is 0 Å². The fourth-order valence-electron chi connectivity index (χ4n) is 3.10. The van der Waals surface area contributed by atoms with Crippen molar-refractivity contribution in [2.45, 2.75) is 26.8 Å². The molecule has 0 N–H and O–H groups in total. The zero-order valence-corrected chi connectivity index (χ0v) is 15.5. The van der Waals surface area contributed by atoms with E-state index in [1.807, 2.05) is 32.0 Å². The van der Waals surface area contributed by atoms with E-state index in [0.29, 0.717) is 16.9 Å². The van der Waals surface area contributed by atoms with Gasteiger partial charge in [-0.1, -0.05) is 18.2 Å². The number of aryl methyl sites for hydroxylation is 2. The molecule has 140 valence electrons. The number of ether oxygens (including phenoxy) is 2. The number of esters is 1. The third-order valence-electron chi connectivity index (χ3n) is 4.35. The van der Waals surface area contributed by atoms with Crippen molar-refractivity contribution in [2.75, 3.05) is 13.2 Å². The minimum Gasteiger partial charge on any atom is -0.490 e. The molecule has 0 saturated heterocycles. The summed E-state index contributed by atoms with van der Waals surface area (Å²) in [7, 11) is 0. The first-order valence-electron chi connectivity index (χ1n) is 8.73. The summed E-state index contributed by atoms with van der Waals surface area (Å²) in [6.07, 6.45) is 0. The van der Waals surface area contributed by atoms with Crippen LogP contribution in [0.4, 0.5) is 0 Å². The number of rotatable bonds is 6. The molecule has 1 heterocycles. The highest BCUT2D eigenvalue weighted by atomic mass is 16.6. The summed E-state index contributed by atoms with van der Waals surface area (Å²) in [6, 6.07) is 11.3. The van der Waals surface area contributed by atoms with Crippen LogP contribution in [0.5, 0.6) is 5.75 Å². The number of nitrogens with zero attached hydrogens (tertiary/aromatic N) is 1. The predicted octanol–water partition coefficient (Wildman–Crippen LogP) is 2.91. The van der Waals surface area contributed by atoms with Gasteiger partial charge < -0.3 is 9.47 Å². The molecule has 2 amide bonds. The summed E-state index contributed by atoms with van der Waals surface area (Å²) in [5.41, 5.74) is 2.78. The molecule has 2 aromatic rings. The van der Waals surface area contributed by atoms with E-state index in [-0.39, 0.29) is 13.2 Å². The highest BCUT2D eigenvalue weighted by molar-refractivity contribution is 6.22. The van der Waals surface area contributed by atoms with Gasteiger partial charge in [-0.25, -0.2) is 4.79 Å². The van der Waals surface area contributed by atoms with Crippen LogP contribution in [0.15, 0.2) is 42.5 Å². The molecule has 0 fully saturated rings. The Morgan fingerprint density at radius 1 is 0.963 bits per heavy atom. The lowest BCUT2D eigenvalue weighted by molar-refractivity contribution is -0.148. The van der Waals surface area contributed by atoms with Crippen molar-refractivity contribution < 1.29 is 23.9 Å². The summed E-state index contributed by atoms with van der Waals surface area (Å²) in [5.74, 6) is -0.899. The van der Waals surface area contributed by atoms with Gasteiger partial charge >= 0.3 is 5.97 Å². The van der Waals surface area contributed by atoms with Gasteiger partial charge in [0, 0.05) is 0 Å². The van der Waals surface area contributed by atoms with Gasteiger partial charge in [-0.2, -0.15) is 0 Å². The third kappa shape index (κ3) is 3.84. The molecule has 0 aliphatic carbocycles. The monoisotopic (exact) mass is 367 g/mol. The molecule has 0 aromatic heterocycles. The lowest BCUT2D eigenvalue weighted by Crippen LogP contribution is -2.44. The van der Waals surface area contributed by atoms with Gasteiger partial charge in [-0.3, -0.25) is 14.5 Å². The molecule has 6 nitrogen and oxygen atoms in total. The molecule has 0 radical (unpaired) electrons. The van der Waals surface area contributed by atoms with Crippen molar-refractivity contribution in [3.8, 4) is 5.75 Å². The number of hydrogen-bond donors (Lipinski definition) is 0. The van der Waals surface area contributed by atoms with Gasteiger partial charge in [0.05, 0.1) is 11.1 Å². The quantitative estimate of drug-likeness (QED) is 0.446. The summed E-state index contributed by atoms with van der Waals surface area (Å²) in [6.45, 7) is 5.64. The Bertz CT molecular complexity index is 850. The minimum atomic E-state index is -1.00. The molecule has 0 bridgehead atoms. The Morgan fingerprint density at radius 3 is 2.07 bits per heavy atom. The molecule has 1 atom stereocenters. The maximum Gasteiger partial charge on any atom is 0.329 e. The van der Waals surface area contributed by atoms with Gasteiger partial charge in [0.15, 0.2) is 0 Å². The van der Waals surface area contributed by atoms with Gasteiger partial charge in [0.1, 0.15) is 25.0 Å². The molecule has 6 heteroatoms. The van der Waals surface area contributed by atoms with Crippen LogP contribution in [-0.4, -0.2) is 41.9 Å². The second kappa shape index (κ2) is 7.61. The Hall–Kier alpha value is -3.15. The van der Waals surface area contributed by atoms with Crippen LogP contribution < -0.4 is 4.74 Å². The van der Waals surface area contributed by atoms with E-state index in [2.05, 4.69) is 0 Å². The Kier molecular flexibility index (Phi) is 5.26. The Balaban J connectivity index is 1.54. The average Bonchev–Trinajstić information content (AvgIpc) is 2.88. The Morgan fingerprint density at radius 2 is 1.52 bits per heavy atom. The molecule has 0 spiro atoms. The van der Waals surface area contributed by atoms with Crippen LogP contribution in [-0.2, 0) is 9.53 Å². The molecular formula is C21H21NO5. The van der Waals surface area contributed by atoms with Crippen molar-refractivity contribution in [3.63, 3.8) is 0 Å². The maximum absolute atomic E-state index is 12.4. The van der Waals surface area contributed by atoms with Gasteiger partial charge in [-0.15, -0.1) is 0 Å². The molecule has 3 rings (SSSR count). The van der Waals surface area contributed by atoms with Crippen LogP contribution in [0, 0.1) is 13.8 Å². The van der Waals surface area contributed by atoms with E-state index < -0.39 is 23.8 Å². The third-order valence-corrected chi connectivity index (χ3v) is 4.35. The van der Waals surface area contributed by atoms with Crippen LogP contribution in [0.1, 0.15) is 38.8 Å². The van der Waals surface area contributed by atoms with Crippen molar-refractivity contribution in [1.29, 1.82) is 0 Å². The van der Waals surface area contributed by atoms with E-state index in [0.717, 1.165) is 16.0 Å². The molecule has 0 unspecified atom stereocenters. The van der Waals surface area contributed by atoms with Crippen molar-refractivity contribution in [2.24, 2.45) is 0 Å². The topological polar surface area (TPSA) is 72.9 Å². The van der Waals surface area contributed by atoms with Crippen molar-refractivity contribution >= 4 is 17.8 Å². The lowest BCUT2D eigenvalue weighted by Gasteiger charge is -2.21. The zero-order chi connectivity index (χ0) is 19.6. The van der Waals surface area contributed by atoms with E-state index in [1.54, 1.807) is 24.3 Å². The summed E-state index contributed by atoms with van der Waals surface area (Å²) < 4.78 is 10.8. The number of carbonyl (C=O) groups excluding carboxylic acids is 3. The standard InChI is InChI=1S/C21H21NO5/c1-13-10-14(2)12-16(11-13)26-8-9-27-21(25)15(3)22-19(23)17-6-4-5-7-18(17)20(22)24/h4-7,10-12,15H,8-9H2,1-3H3/t15-/m1/s1. The van der Waals surface area contributed by atoms with E-state index in [1.165, 1.54) is 6.92 Å². The first-order valence-corrected chi connectivity index (χ1v) is 8.73. The maximum atomic E-state index is 12.4. The van der Waals surface area contributed by atoms with Gasteiger partial charge in [0.25, 0.3) is 11.8 Å². The van der Waals surface area contributed by atoms with Crippen LogP contribution >= 0.6 is 0 Å². The molecule has 27 heavy (non-hydrogen) atoms. The summed E-state index contributed by atoms with van der Waals surface area (Å²) in [4.78, 5) is 38.0. The fraction of sp³-hybridized carbons (Fsp3) is 0.286. The van der Waals surface area contributed by atoms with Gasteiger partial charge in [0.2, 0.25) is 0 Å². The SMILES string of the molecule is Cc1cc(C)cc(OCCOC(=O)[C@@H](C)N2C(=O)c3ccccc3C2=O)c1. The number of fused-ring (bicyclic) bond motifs is 1. The van der Waals surface area contributed by atoms with E-state index in [4.69, 9.17) is 9.47 Å². The average molecular weight is 367 g/mol. The highest BCUT2D eigenvalue weighted by Gasteiger charge is 2.41. The van der Waals surface area contributed by atoms with E-state index in [9.17, 15) is 14.4 Å². The minimum absolute atomic E-state index is 0.0271. The van der Waals surface area contributed by atoms with Crippen LogP contribution in [0.25, 0.3) is 0 Å². The molecule has 1 aliphatic heterocycles. The number of carbonyl (C=O) groups is 3. The molecule has 2 aromatic carbocycles. The molecule has 1 aliphatic rings.